The first kappa shape index (κ1) is 19.0. The molecule has 0 saturated heterocycles. The van der Waals surface area contributed by atoms with Gasteiger partial charge in [-0.1, -0.05) is 26.0 Å². The number of nitrogens with one attached hydrogen (secondary N) is 1. The Hall–Kier alpha value is -2.78. The SMILES string of the molecule is CCN(CC)S(=O)(=O)c1ccc(CNc2ncnc3nc(N)ccc23)cc1. The van der Waals surface area contributed by atoms with E-state index < -0.39 is 10.0 Å². The highest BCUT2D eigenvalue weighted by molar-refractivity contribution is 7.89. The molecule has 9 heteroatoms. The maximum absolute atomic E-state index is 12.5. The third-order valence-electron chi connectivity index (χ3n) is 4.25. The van der Waals surface area contributed by atoms with Gasteiger partial charge in [0.1, 0.15) is 18.0 Å². The van der Waals surface area contributed by atoms with Gasteiger partial charge in [0, 0.05) is 19.6 Å². The molecule has 27 heavy (non-hydrogen) atoms. The molecule has 0 unspecified atom stereocenters. The maximum Gasteiger partial charge on any atom is 0.243 e. The van der Waals surface area contributed by atoms with Crippen molar-refractivity contribution in [2.45, 2.75) is 25.3 Å². The fourth-order valence-electron chi connectivity index (χ4n) is 2.78. The van der Waals surface area contributed by atoms with Crippen molar-refractivity contribution in [3.8, 4) is 0 Å². The molecule has 3 aromatic rings. The van der Waals surface area contributed by atoms with E-state index in [0.29, 0.717) is 41.8 Å². The van der Waals surface area contributed by atoms with Crippen molar-refractivity contribution in [3.63, 3.8) is 0 Å². The summed E-state index contributed by atoms with van der Waals surface area (Å²) in [7, 11) is -3.45. The van der Waals surface area contributed by atoms with E-state index >= 15 is 0 Å². The number of nitrogen functional groups attached to an aromatic ring is 1. The summed E-state index contributed by atoms with van der Waals surface area (Å²) in [4.78, 5) is 12.8. The average Bonchev–Trinajstić information content (AvgIpc) is 2.67. The van der Waals surface area contributed by atoms with Crippen molar-refractivity contribution in [1.82, 2.24) is 19.3 Å². The van der Waals surface area contributed by atoms with Gasteiger partial charge in [0.05, 0.1) is 10.3 Å². The molecular weight excluding hydrogens is 364 g/mol. The number of hydrogen-bond donors (Lipinski definition) is 2. The van der Waals surface area contributed by atoms with Crippen molar-refractivity contribution >= 4 is 32.7 Å². The Kier molecular flexibility index (Phi) is 5.52. The number of nitrogens with zero attached hydrogens (tertiary/aromatic N) is 4. The molecule has 2 aromatic heterocycles. The molecule has 0 aliphatic rings. The van der Waals surface area contributed by atoms with Gasteiger partial charge in [-0.3, -0.25) is 0 Å². The van der Waals surface area contributed by atoms with Gasteiger partial charge in [0.2, 0.25) is 10.0 Å². The smallest absolute Gasteiger partial charge is 0.243 e. The Morgan fingerprint density at radius 2 is 1.74 bits per heavy atom. The third-order valence-corrected chi connectivity index (χ3v) is 6.31. The van der Waals surface area contributed by atoms with E-state index in [0.717, 1.165) is 10.9 Å². The minimum atomic E-state index is -3.45. The number of aromatic nitrogens is 3. The molecule has 8 nitrogen and oxygen atoms in total. The fourth-order valence-corrected chi connectivity index (χ4v) is 4.23. The first-order valence-electron chi connectivity index (χ1n) is 8.66. The molecule has 0 atom stereocenters. The molecule has 0 radical (unpaired) electrons. The van der Waals surface area contributed by atoms with Crippen LogP contribution in [-0.2, 0) is 16.6 Å². The highest BCUT2D eigenvalue weighted by atomic mass is 32.2. The number of benzene rings is 1. The molecule has 0 saturated carbocycles. The summed E-state index contributed by atoms with van der Waals surface area (Å²) in [5.74, 6) is 1.05. The van der Waals surface area contributed by atoms with E-state index in [9.17, 15) is 8.42 Å². The van der Waals surface area contributed by atoms with Gasteiger partial charge in [-0.15, -0.1) is 0 Å². The molecule has 0 fully saturated rings. The van der Waals surface area contributed by atoms with Crippen LogP contribution in [0.3, 0.4) is 0 Å². The number of pyridine rings is 1. The van der Waals surface area contributed by atoms with Gasteiger partial charge in [0.25, 0.3) is 0 Å². The number of sulfonamides is 1. The highest BCUT2D eigenvalue weighted by Gasteiger charge is 2.21. The normalized spacial score (nSPS) is 11.8. The highest BCUT2D eigenvalue weighted by Crippen LogP contribution is 2.20. The van der Waals surface area contributed by atoms with Gasteiger partial charge in [0.15, 0.2) is 5.65 Å². The van der Waals surface area contributed by atoms with Gasteiger partial charge < -0.3 is 11.1 Å². The molecule has 0 aliphatic heterocycles. The van der Waals surface area contributed by atoms with Crippen molar-refractivity contribution in [3.05, 3.63) is 48.3 Å². The summed E-state index contributed by atoms with van der Waals surface area (Å²) >= 11 is 0. The van der Waals surface area contributed by atoms with Crippen LogP contribution in [0.4, 0.5) is 11.6 Å². The quantitative estimate of drug-likeness (QED) is 0.640. The largest absolute Gasteiger partial charge is 0.384 e. The Morgan fingerprint density at radius 3 is 2.41 bits per heavy atom. The number of fused-ring (bicyclic) bond motifs is 1. The van der Waals surface area contributed by atoms with Gasteiger partial charge in [-0.05, 0) is 29.8 Å². The predicted molar refractivity (Wildman–Crippen MR) is 106 cm³/mol. The van der Waals surface area contributed by atoms with Crippen LogP contribution in [0, 0.1) is 0 Å². The molecule has 1 aromatic carbocycles. The zero-order valence-electron chi connectivity index (χ0n) is 15.3. The van der Waals surface area contributed by atoms with Crippen molar-refractivity contribution in [1.29, 1.82) is 0 Å². The van der Waals surface area contributed by atoms with Crippen molar-refractivity contribution in [2.24, 2.45) is 0 Å². The first-order chi connectivity index (χ1) is 13.0. The topological polar surface area (TPSA) is 114 Å². The molecular formula is C18H22N6O2S. The third kappa shape index (κ3) is 3.99. The van der Waals surface area contributed by atoms with E-state index in [1.807, 2.05) is 19.9 Å². The van der Waals surface area contributed by atoms with Gasteiger partial charge in [-0.25, -0.2) is 23.4 Å². The van der Waals surface area contributed by atoms with Crippen LogP contribution in [0.25, 0.3) is 11.0 Å². The molecule has 0 amide bonds. The van der Waals surface area contributed by atoms with Gasteiger partial charge >= 0.3 is 0 Å². The molecule has 0 aliphatic carbocycles. The summed E-state index contributed by atoms with van der Waals surface area (Å²) < 4.78 is 26.5. The second-order valence-corrected chi connectivity index (χ2v) is 7.85. The summed E-state index contributed by atoms with van der Waals surface area (Å²) in [6, 6.07) is 10.4. The van der Waals surface area contributed by atoms with Crippen LogP contribution >= 0.6 is 0 Å². The number of hydrogen-bond acceptors (Lipinski definition) is 7. The summed E-state index contributed by atoms with van der Waals surface area (Å²) in [6.07, 6.45) is 1.43. The molecule has 0 spiro atoms. The van der Waals surface area contributed by atoms with Crippen LogP contribution in [0.15, 0.2) is 47.6 Å². The lowest BCUT2D eigenvalue weighted by molar-refractivity contribution is 0.445. The Balaban J connectivity index is 1.77. The Morgan fingerprint density at radius 1 is 1.04 bits per heavy atom. The van der Waals surface area contributed by atoms with Crippen LogP contribution in [-0.4, -0.2) is 40.8 Å². The van der Waals surface area contributed by atoms with E-state index in [4.69, 9.17) is 5.73 Å². The Bertz CT molecular complexity index is 1030. The van der Waals surface area contributed by atoms with E-state index in [1.54, 1.807) is 30.3 Å². The standard InChI is InChI=1S/C18H22N6O2S/c1-3-24(4-2)27(25,26)14-7-5-13(6-8-14)11-20-17-15-9-10-16(19)23-18(15)22-12-21-17/h5-10,12H,3-4,11H2,1-2H3,(H3,19,20,21,22,23). The number of nitrogens with two attached hydrogens (primary N) is 1. The number of anilines is 2. The van der Waals surface area contributed by atoms with E-state index in [1.165, 1.54) is 10.6 Å². The fraction of sp³-hybridized carbons (Fsp3) is 0.278. The van der Waals surface area contributed by atoms with Crippen LogP contribution < -0.4 is 11.1 Å². The average molecular weight is 386 g/mol. The summed E-state index contributed by atoms with van der Waals surface area (Å²) in [5.41, 5.74) is 7.14. The van der Waals surface area contributed by atoms with Gasteiger partial charge in [-0.2, -0.15) is 4.31 Å². The lowest BCUT2D eigenvalue weighted by atomic mass is 10.2. The lowest BCUT2D eigenvalue weighted by Gasteiger charge is -2.18. The zero-order chi connectivity index (χ0) is 19.4. The van der Waals surface area contributed by atoms with Crippen LogP contribution in [0.5, 0.6) is 0 Å². The molecule has 2 heterocycles. The zero-order valence-corrected chi connectivity index (χ0v) is 16.1. The van der Waals surface area contributed by atoms with Crippen molar-refractivity contribution in [2.75, 3.05) is 24.1 Å². The second-order valence-electron chi connectivity index (χ2n) is 5.92. The molecule has 3 rings (SSSR count). The van der Waals surface area contributed by atoms with Crippen molar-refractivity contribution < 1.29 is 8.42 Å². The maximum atomic E-state index is 12.5. The van der Waals surface area contributed by atoms with Crippen LogP contribution in [0.1, 0.15) is 19.4 Å². The molecule has 0 bridgehead atoms. The molecule has 142 valence electrons. The van der Waals surface area contributed by atoms with Crippen LogP contribution in [0.2, 0.25) is 0 Å². The first-order valence-corrected chi connectivity index (χ1v) is 10.1. The lowest BCUT2D eigenvalue weighted by Crippen LogP contribution is -2.30. The summed E-state index contributed by atoms with van der Waals surface area (Å²) in [5, 5.41) is 4.01. The second kappa shape index (κ2) is 7.85. The number of rotatable bonds is 7. The predicted octanol–water partition coefficient (Wildman–Crippen LogP) is 2.25. The molecule has 3 N–H and O–H groups in total. The minimum Gasteiger partial charge on any atom is -0.384 e. The Labute approximate surface area is 158 Å². The van der Waals surface area contributed by atoms with E-state index in [-0.39, 0.29) is 0 Å². The summed E-state index contributed by atoms with van der Waals surface area (Å²) in [6.45, 7) is 5.03. The monoisotopic (exact) mass is 386 g/mol. The minimum absolute atomic E-state index is 0.294. The van der Waals surface area contributed by atoms with E-state index in [2.05, 4.69) is 20.3 Å².